The van der Waals surface area contributed by atoms with E-state index in [0.717, 1.165) is 16.1 Å². The number of benzene rings is 2. The van der Waals surface area contributed by atoms with Crippen LogP contribution in [0.2, 0.25) is 15.1 Å². The summed E-state index contributed by atoms with van der Waals surface area (Å²) in [6.45, 7) is 3.28. The fourth-order valence-electron chi connectivity index (χ4n) is 2.44. The van der Waals surface area contributed by atoms with Crippen molar-refractivity contribution in [3.05, 3.63) is 57.0 Å². The van der Waals surface area contributed by atoms with Crippen LogP contribution in [-0.4, -0.2) is 26.6 Å². The SMILES string of the molecule is Cc1cc(Cl)ccc1NC(=O)C(C)N(c1ccc(Cl)c(Cl)c1)S(C)(=O)=O. The van der Waals surface area contributed by atoms with E-state index in [1.54, 1.807) is 25.1 Å². The van der Waals surface area contributed by atoms with Gasteiger partial charge in [0.1, 0.15) is 6.04 Å². The molecule has 1 unspecified atom stereocenters. The Bertz CT molecular complexity index is 948. The first-order valence-corrected chi connectivity index (χ1v) is 10.5. The van der Waals surface area contributed by atoms with Crippen LogP contribution < -0.4 is 9.62 Å². The highest BCUT2D eigenvalue weighted by Gasteiger charge is 2.29. The highest BCUT2D eigenvalue weighted by Crippen LogP contribution is 2.30. The van der Waals surface area contributed by atoms with E-state index < -0.39 is 22.0 Å². The number of aryl methyl sites for hydroxylation is 1. The molecule has 0 aliphatic rings. The van der Waals surface area contributed by atoms with E-state index in [4.69, 9.17) is 34.8 Å². The molecular formula is C17H17Cl3N2O3S. The fourth-order valence-corrected chi connectivity index (χ4v) is 4.12. The average molecular weight is 436 g/mol. The van der Waals surface area contributed by atoms with Crippen molar-refractivity contribution in [1.29, 1.82) is 0 Å². The molecule has 0 saturated carbocycles. The van der Waals surface area contributed by atoms with E-state index in [2.05, 4.69) is 5.32 Å². The molecule has 0 spiro atoms. The van der Waals surface area contributed by atoms with Gasteiger partial charge in [-0.3, -0.25) is 9.10 Å². The molecule has 0 saturated heterocycles. The van der Waals surface area contributed by atoms with Crippen molar-refractivity contribution in [2.75, 3.05) is 15.9 Å². The molecule has 1 atom stereocenters. The van der Waals surface area contributed by atoms with Gasteiger partial charge >= 0.3 is 0 Å². The van der Waals surface area contributed by atoms with Crippen LogP contribution in [0.25, 0.3) is 0 Å². The quantitative estimate of drug-likeness (QED) is 0.737. The minimum absolute atomic E-state index is 0.193. The summed E-state index contributed by atoms with van der Waals surface area (Å²) >= 11 is 17.8. The summed E-state index contributed by atoms with van der Waals surface area (Å²) in [4.78, 5) is 12.7. The molecule has 0 aromatic heterocycles. The highest BCUT2D eigenvalue weighted by atomic mass is 35.5. The number of carbonyl (C=O) groups is 1. The molecule has 0 aliphatic carbocycles. The van der Waals surface area contributed by atoms with Crippen LogP contribution in [0, 0.1) is 6.92 Å². The van der Waals surface area contributed by atoms with Crippen molar-refractivity contribution in [2.45, 2.75) is 19.9 Å². The minimum Gasteiger partial charge on any atom is -0.324 e. The predicted octanol–water partition coefficient (Wildman–Crippen LogP) is 4.75. The lowest BCUT2D eigenvalue weighted by Gasteiger charge is -2.28. The van der Waals surface area contributed by atoms with Crippen LogP contribution in [0.5, 0.6) is 0 Å². The second-order valence-corrected chi connectivity index (χ2v) is 8.89. The zero-order chi connectivity index (χ0) is 19.6. The number of hydrogen-bond acceptors (Lipinski definition) is 3. The summed E-state index contributed by atoms with van der Waals surface area (Å²) in [7, 11) is -3.75. The van der Waals surface area contributed by atoms with Gasteiger partial charge in [0.2, 0.25) is 15.9 Å². The van der Waals surface area contributed by atoms with Crippen molar-refractivity contribution in [3.8, 4) is 0 Å². The van der Waals surface area contributed by atoms with Crippen molar-refractivity contribution < 1.29 is 13.2 Å². The first-order chi connectivity index (χ1) is 12.0. The smallest absolute Gasteiger partial charge is 0.248 e. The van der Waals surface area contributed by atoms with E-state index in [0.29, 0.717) is 10.7 Å². The number of amides is 1. The van der Waals surface area contributed by atoms with Crippen LogP contribution in [0.4, 0.5) is 11.4 Å². The first-order valence-electron chi connectivity index (χ1n) is 7.52. The van der Waals surface area contributed by atoms with Crippen LogP contribution >= 0.6 is 34.8 Å². The number of nitrogens with one attached hydrogen (secondary N) is 1. The maximum absolute atomic E-state index is 12.7. The van der Waals surface area contributed by atoms with Crippen LogP contribution in [0.15, 0.2) is 36.4 Å². The normalized spacial score (nSPS) is 12.5. The molecule has 5 nitrogen and oxygen atoms in total. The Morgan fingerprint density at radius 1 is 1.08 bits per heavy atom. The molecular weight excluding hydrogens is 419 g/mol. The van der Waals surface area contributed by atoms with Crippen molar-refractivity contribution >= 4 is 62.1 Å². The summed E-state index contributed by atoms with van der Waals surface area (Å²) in [6, 6.07) is 8.36. The lowest BCUT2D eigenvalue weighted by molar-refractivity contribution is -0.116. The van der Waals surface area contributed by atoms with E-state index >= 15 is 0 Å². The van der Waals surface area contributed by atoms with Gasteiger partial charge in [0, 0.05) is 10.7 Å². The largest absolute Gasteiger partial charge is 0.324 e. The minimum atomic E-state index is -3.75. The summed E-state index contributed by atoms with van der Waals surface area (Å²) in [5.41, 5.74) is 1.56. The number of anilines is 2. The molecule has 2 rings (SSSR count). The summed E-state index contributed by atoms with van der Waals surface area (Å²) in [5.74, 6) is -0.494. The van der Waals surface area contributed by atoms with Crippen molar-refractivity contribution in [1.82, 2.24) is 0 Å². The van der Waals surface area contributed by atoms with E-state index in [1.165, 1.54) is 25.1 Å². The Labute approximate surface area is 167 Å². The Hall–Kier alpha value is -1.47. The van der Waals surface area contributed by atoms with Crippen LogP contribution in [0.1, 0.15) is 12.5 Å². The predicted molar refractivity (Wildman–Crippen MR) is 108 cm³/mol. The molecule has 140 valence electrons. The van der Waals surface area contributed by atoms with Gasteiger partial charge in [-0.05, 0) is 55.8 Å². The van der Waals surface area contributed by atoms with Crippen molar-refractivity contribution in [3.63, 3.8) is 0 Å². The molecule has 26 heavy (non-hydrogen) atoms. The van der Waals surface area contributed by atoms with Gasteiger partial charge in [-0.1, -0.05) is 34.8 Å². The first kappa shape index (κ1) is 20.8. The van der Waals surface area contributed by atoms with Crippen LogP contribution in [0.3, 0.4) is 0 Å². The van der Waals surface area contributed by atoms with Gasteiger partial charge in [0.15, 0.2) is 0 Å². The second-order valence-electron chi connectivity index (χ2n) is 5.78. The van der Waals surface area contributed by atoms with Gasteiger partial charge < -0.3 is 5.32 Å². The third-order valence-corrected chi connectivity index (χ3v) is 5.91. The van der Waals surface area contributed by atoms with Gasteiger partial charge in [-0.15, -0.1) is 0 Å². The van der Waals surface area contributed by atoms with E-state index in [-0.39, 0.29) is 15.7 Å². The molecule has 0 bridgehead atoms. The molecule has 2 aromatic rings. The number of sulfonamides is 1. The fraction of sp³-hybridized carbons (Fsp3) is 0.235. The van der Waals surface area contributed by atoms with E-state index in [9.17, 15) is 13.2 Å². The lowest BCUT2D eigenvalue weighted by Crippen LogP contribution is -2.45. The number of hydrogen-bond donors (Lipinski definition) is 1. The molecule has 1 N–H and O–H groups in total. The standard InChI is InChI=1S/C17H17Cl3N2O3S/c1-10-8-12(18)4-7-16(10)21-17(23)11(2)22(26(3,24)25)13-5-6-14(19)15(20)9-13/h4-9,11H,1-3H3,(H,21,23). The summed E-state index contributed by atoms with van der Waals surface area (Å²) < 4.78 is 25.6. The zero-order valence-electron chi connectivity index (χ0n) is 14.3. The molecule has 9 heteroatoms. The van der Waals surface area contributed by atoms with Crippen molar-refractivity contribution in [2.24, 2.45) is 0 Å². The van der Waals surface area contributed by atoms with Gasteiger partial charge in [0.05, 0.1) is 22.0 Å². The number of rotatable bonds is 5. The second kappa shape index (κ2) is 8.05. The van der Waals surface area contributed by atoms with Gasteiger partial charge in [-0.2, -0.15) is 0 Å². The third-order valence-electron chi connectivity index (χ3n) is 3.69. The van der Waals surface area contributed by atoms with Gasteiger partial charge in [-0.25, -0.2) is 8.42 Å². The van der Waals surface area contributed by atoms with Crippen LogP contribution in [-0.2, 0) is 14.8 Å². The third kappa shape index (κ3) is 4.82. The molecule has 1 amide bonds. The highest BCUT2D eigenvalue weighted by molar-refractivity contribution is 7.92. The average Bonchev–Trinajstić information content (AvgIpc) is 2.52. The maximum atomic E-state index is 12.7. The molecule has 0 aliphatic heterocycles. The Balaban J connectivity index is 2.35. The maximum Gasteiger partial charge on any atom is 0.248 e. The number of carbonyl (C=O) groups excluding carboxylic acids is 1. The zero-order valence-corrected chi connectivity index (χ0v) is 17.3. The Morgan fingerprint density at radius 3 is 2.27 bits per heavy atom. The van der Waals surface area contributed by atoms with E-state index in [1.807, 2.05) is 0 Å². The summed E-state index contributed by atoms with van der Waals surface area (Å²) in [5, 5.41) is 3.75. The Kier molecular flexibility index (Phi) is 6.45. The Morgan fingerprint density at radius 2 is 1.73 bits per heavy atom. The molecule has 0 heterocycles. The molecule has 0 radical (unpaired) electrons. The topological polar surface area (TPSA) is 66.5 Å². The molecule has 2 aromatic carbocycles. The molecule has 0 fully saturated rings. The number of nitrogens with zero attached hydrogens (tertiary/aromatic N) is 1. The lowest BCUT2D eigenvalue weighted by atomic mass is 10.2. The summed E-state index contributed by atoms with van der Waals surface area (Å²) in [6.07, 6.45) is 1.02. The monoisotopic (exact) mass is 434 g/mol. The van der Waals surface area contributed by atoms with Gasteiger partial charge in [0.25, 0.3) is 0 Å². The number of halogens is 3.